The molecule has 0 spiro atoms. The van der Waals surface area contributed by atoms with E-state index in [0.717, 1.165) is 23.1 Å². The topological polar surface area (TPSA) is 101 Å². The van der Waals surface area contributed by atoms with Crippen LogP contribution >= 0.6 is 11.3 Å². The van der Waals surface area contributed by atoms with Crippen molar-refractivity contribution >= 4 is 49.1 Å². The maximum absolute atomic E-state index is 13.0. The van der Waals surface area contributed by atoms with Crippen LogP contribution in [0.5, 0.6) is 0 Å². The number of carbonyl (C=O) groups excluding carboxylic acids is 2. The Bertz CT molecular complexity index is 1400. The molecule has 0 bridgehead atoms. The maximum atomic E-state index is 13.0. The number of hydrogen-bond donors (Lipinski definition) is 1. The van der Waals surface area contributed by atoms with E-state index >= 15 is 0 Å². The molecule has 1 atom stereocenters. The molecule has 1 aliphatic rings. The van der Waals surface area contributed by atoms with Crippen molar-refractivity contribution < 1.29 is 18.0 Å². The van der Waals surface area contributed by atoms with Gasteiger partial charge in [-0.05, 0) is 68.1 Å². The Balaban J connectivity index is 1.62. The molecular weight excluding hydrogens is 472 g/mol. The fourth-order valence-electron chi connectivity index (χ4n) is 4.18. The number of aromatic nitrogens is 1. The molecule has 2 amide bonds. The third kappa shape index (κ3) is 4.98. The number of aryl methyl sites for hydroxylation is 1. The van der Waals surface area contributed by atoms with Crippen LogP contribution in [0.1, 0.15) is 44.0 Å². The van der Waals surface area contributed by atoms with Crippen LogP contribution in [0.4, 0.5) is 5.69 Å². The number of carbonyl (C=O) groups is 2. The summed E-state index contributed by atoms with van der Waals surface area (Å²) in [4.78, 5) is 29.3. The van der Waals surface area contributed by atoms with Gasteiger partial charge in [-0.1, -0.05) is 18.3 Å². The number of thiazole rings is 1. The summed E-state index contributed by atoms with van der Waals surface area (Å²) in [7, 11) is -3.58. The van der Waals surface area contributed by atoms with E-state index in [0.29, 0.717) is 41.6 Å². The zero-order valence-corrected chi connectivity index (χ0v) is 21.1. The van der Waals surface area contributed by atoms with Gasteiger partial charge in [0.1, 0.15) is 0 Å². The molecule has 1 aromatic heterocycles. The number of anilines is 1. The summed E-state index contributed by atoms with van der Waals surface area (Å²) in [5, 5.41) is 2.76. The highest BCUT2D eigenvalue weighted by Gasteiger charge is 2.28. The lowest BCUT2D eigenvalue weighted by Crippen LogP contribution is -2.39. The van der Waals surface area contributed by atoms with E-state index in [4.69, 9.17) is 0 Å². The molecule has 1 saturated heterocycles. The molecule has 8 nitrogen and oxygen atoms in total. The first-order chi connectivity index (χ1) is 16.2. The van der Waals surface area contributed by atoms with Crippen LogP contribution in [-0.2, 0) is 21.4 Å². The molecule has 2 aromatic carbocycles. The van der Waals surface area contributed by atoms with Gasteiger partial charge in [0.15, 0.2) is 4.80 Å². The highest BCUT2D eigenvalue weighted by molar-refractivity contribution is 7.89. The number of piperidine rings is 1. The first kappa shape index (κ1) is 24.3. The van der Waals surface area contributed by atoms with E-state index in [-0.39, 0.29) is 10.8 Å². The second-order valence-corrected chi connectivity index (χ2v) is 11.5. The smallest absolute Gasteiger partial charge is 0.279 e. The van der Waals surface area contributed by atoms with Crippen LogP contribution in [0.25, 0.3) is 10.2 Å². The van der Waals surface area contributed by atoms with Gasteiger partial charge in [0.05, 0.1) is 15.1 Å². The quantitative estimate of drug-likeness (QED) is 0.575. The SMILES string of the molecule is CCn1c(=NC(=O)c2ccc(S(=O)(=O)N3CCCC(C)C3)cc2)sc2cc(NC(C)=O)ccc21. The zero-order valence-electron chi connectivity index (χ0n) is 19.4. The lowest BCUT2D eigenvalue weighted by Gasteiger charge is -2.30. The molecule has 0 radical (unpaired) electrons. The van der Waals surface area contributed by atoms with Crippen molar-refractivity contribution in [3.05, 3.63) is 52.8 Å². The Morgan fingerprint density at radius 2 is 1.91 bits per heavy atom. The number of sulfonamides is 1. The van der Waals surface area contributed by atoms with Gasteiger partial charge in [-0.15, -0.1) is 0 Å². The van der Waals surface area contributed by atoms with Crippen molar-refractivity contribution in [2.45, 2.75) is 45.1 Å². The first-order valence-corrected chi connectivity index (χ1v) is 13.5. The maximum Gasteiger partial charge on any atom is 0.279 e. The van der Waals surface area contributed by atoms with Crippen LogP contribution in [0.15, 0.2) is 52.4 Å². The largest absolute Gasteiger partial charge is 0.326 e. The summed E-state index contributed by atoms with van der Waals surface area (Å²) in [6.45, 7) is 7.14. The predicted molar refractivity (Wildman–Crippen MR) is 133 cm³/mol. The van der Waals surface area contributed by atoms with Crippen LogP contribution < -0.4 is 10.1 Å². The van der Waals surface area contributed by atoms with Crippen LogP contribution in [0, 0.1) is 5.92 Å². The fraction of sp³-hybridized carbons (Fsp3) is 0.375. The first-order valence-electron chi connectivity index (χ1n) is 11.3. The number of amides is 2. The Morgan fingerprint density at radius 3 is 2.56 bits per heavy atom. The number of fused-ring (bicyclic) bond motifs is 1. The molecule has 4 rings (SSSR count). The summed E-state index contributed by atoms with van der Waals surface area (Å²) in [5.74, 6) is -0.255. The number of nitrogens with one attached hydrogen (secondary N) is 1. The molecule has 2 heterocycles. The van der Waals surface area contributed by atoms with Gasteiger partial charge in [-0.25, -0.2) is 8.42 Å². The molecule has 10 heteroatoms. The van der Waals surface area contributed by atoms with Gasteiger partial charge in [-0.3, -0.25) is 9.59 Å². The normalized spacial score (nSPS) is 17.7. The number of benzene rings is 2. The van der Waals surface area contributed by atoms with Crippen LogP contribution in [0.2, 0.25) is 0 Å². The predicted octanol–water partition coefficient (Wildman–Crippen LogP) is 3.84. The summed E-state index contributed by atoms with van der Waals surface area (Å²) in [6, 6.07) is 11.6. The number of rotatable bonds is 5. The van der Waals surface area contributed by atoms with E-state index in [9.17, 15) is 18.0 Å². The number of nitrogens with zero attached hydrogens (tertiary/aromatic N) is 3. The third-order valence-electron chi connectivity index (χ3n) is 5.88. The minimum atomic E-state index is -3.58. The summed E-state index contributed by atoms with van der Waals surface area (Å²) >= 11 is 1.36. The monoisotopic (exact) mass is 500 g/mol. The molecule has 0 saturated carbocycles. The highest BCUT2D eigenvalue weighted by Crippen LogP contribution is 2.24. The van der Waals surface area contributed by atoms with Gasteiger partial charge < -0.3 is 9.88 Å². The molecule has 1 N–H and O–H groups in total. The zero-order chi connectivity index (χ0) is 24.5. The minimum Gasteiger partial charge on any atom is -0.326 e. The molecule has 1 aliphatic heterocycles. The Kier molecular flexibility index (Phi) is 7.01. The Labute approximate surface area is 203 Å². The molecule has 0 aliphatic carbocycles. The van der Waals surface area contributed by atoms with Crippen LogP contribution in [0.3, 0.4) is 0 Å². The van der Waals surface area contributed by atoms with Crippen molar-refractivity contribution in [2.75, 3.05) is 18.4 Å². The summed E-state index contributed by atoms with van der Waals surface area (Å²) in [6.07, 6.45) is 1.89. The van der Waals surface area contributed by atoms with E-state index in [1.165, 1.54) is 46.8 Å². The van der Waals surface area contributed by atoms with E-state index in [1.54, 1.807) is 0 Å². The lowest BCUT2D eigenvalue weighted by atomic mass is 10.0. The third-order valence-corrected chi connectivity index (χ3v) is 8.80. The van der Waals surface area contributed by atoms with Gasteiger partial charge >= 0.3 is 0 Å². The Hall–Kier alpha value is -2.82. The summed E-state index contributed by atoms with van der Waals surface area (Å²) < 4.78 is 30.3. The van der Waals surface area contributed by atoms with Gasteiger partial charge in [0.25, 0.3) is 5.91 Å². The molecule has 1 unspecified atom stereocenters. The second-order valence-electron chi connectivity index (χ2n) is 8.54. The van der Waals surface area contributed by atoms with Crippen molar-refractivity contribution in [2.24, 2.45) is 10.9 Å². The number of hydrogen-bond acceptors (Lipinski definition) is 5. The van der Waals surface area contributed by atoms with Gasteiger partial charge in [-0.2, -0.15) is 9.30 Å². The lowest BCUT2D eigenvalue weighted by molar-refractivity contribution is -0.114. The average molecular weight is 501 g/mol. The molecule has 34 heavy (non-hydrogen) atoms. The van der Waals surface area contributed by atoms with E-state index in [2.05, 4.69) is 17.2 Å². The molecule has 3 aromatic rings. The minimum absolute atomic E-state index is 0.153. The van der Waals surface area contributed by atoms with E-state index in [1.807, 2.05) is 29.7 Å². The van der Waals surface area contributed by atoms with Gasteiger partial charge in [0.2, 0.25) is 15.9 Å². The van der Waals surface area contributed by atoms with Crippen molar-refractivity contribution in [3.8, 4) is 0 Å². The summed E-state index contributed by atoms with van der Waals surface area (Å²) in [5.41, 5.74) is 1.93. The standard InChI is InChI=1S/C24H28N4O4S2/c1-4-28-21-12-9-19(25-17(3)29)14-22(21)33-24(28)26-23(30)18-7-10-20(11-8-18)34(31,32)27-13-5-6-16(2)15-27/h7-12,14,16H,4-6,13,15H2,1-3H3,(H,25,29). The molecule has 1 fully saturated rings. The molecule has 180 valence electrons. The average Bonchev–Trinajstić information content (AvgIpc) is 3.14. The van der Waals surface area contributed by atoms with Crippen LogP contribution in [-0.4, -0.2) is 42.2 Å². The van der Waals surface area contributed by atoms with Crippen molar-refractivity contribution in [1.29, 1.82) is 0 Å². The highest BCUT2D eigenvalue weighted by atomic mass is 32.2. The fourth-order valence-corrected chi connectivity index (χ4v) is 6.91. The van der Waals surface area contributed by atoms with Gasteiger partial charge in [0, 0.05) is 37.8 Å². The van der Waals surface area contributed by atoms with E-state index < -0.39 is 15.9 Å². The van der Waals surface area contributed by atoms with Crippen molar-refractivity contribution in [1.82, 2.24) is 8.87 Å². The Morgan fingerprint density at radius 1 is 1.18 bits per heavy atom. The molecular formula is C24H28N4O4S2. The second kappa shape index (κ2) is 9.81. The van der Waals surface area contributed by atoms with Crippen molar-refractivity contribution in [3.63, 3.8) is 0 Å².